The third-order valence-corrected chi connectivity index (χ3v) is 6.83. The van der Waals surface area contributed by atoms with E-state index in [1.165, 1.54) is 0 Å². The minimum absolute atomic E-state index is 0.300. The Labute approximate surface area is 210 Å². The second kappa shape index (κ2) is 22.4. The maximum atomic E-state index is 12.3. The Hall–Kier alpha value is 0.220. The summed E-state index contributed by atoms with van der Waals surface area (Å²) in [6.45, 7) is 20.6. The number of rotatable bonds is 21. The summed E-state index contributed by atoms with van der Waals surface area (Å²) in [6, 6.07) is 0. The molecule has 0 heterocycles. The van der Waals surface area contributed by atoms with Crippen LogP contribution in [0.25, 0.3) is 0 Å². The van der Waals surface area contributed by atoms with Crippen LogP contribution in [-0.2, 0) is 36.3 Å². The summed E-state index contributed by atoms with van der Waals surface area (Å²) >= 11 is 0. The smallest absolute Gasteiger partial charge is 0.287 e. The van der Waals surface area contributed by atoms with Gasteiger partial charge < -0.3 is 0 Å². The lowest BCUT2D eigenvalue weighted by atomic mass is 10.2. The monoisotopic (exact) mass is 532 g/mol. The molecule has 0 saturated heterocycles. The maximum absolute atomic E-state index is 12.3. The molecule has 0 unspecified atom stereocenters. The van der Waals surface area contributed by atoms with Crippen LogP contribution in [0, 0.1) is 17.8 Å². The van der Waals surface area contributed by atoms with Crippen molar-refractivity contribution in [3.63, 3.8) is 0 Å². The number of hydrogen-bond acceptors (Lipinski definition) is 8. The van der Waals surface area contributed by atoms with Gasteiger partial charge in [-0.15, -0.1) is 0 Å². The molecular weight excluding hydrogens is 478 g/mol. The first-order chi connectivity index (χ1) is 15.9. The van der Waals surface area contributed by atoms with Crippen molar-refractivity contribution in [1.82, 2.24) is 0 Å². The normalized spacial score (nSPS) is 12.5. The molecule has 0 aliphatic rings. The SMILES string of the molecule is CC(C)COP(=O)(OCC(C)C)OCC(C)C.CCCCOP(=O)(OCCCC)OCCCC. The molecule has 0 aromatic rings. The Balaban J connectivity index is 0. The lowest BCUT2D eigenvalue weighted by Gasteiger charge is -2.20. The van der Waals surface area contributed by atoms with E-state index in [9.17, 15) is 9.13 Å². The molecule has 0 amide bonds. The van der Waals surface area contributed by atoms with E-state index < -0.39 is 15.6 Å². The van der Waals surface area contributed by atoms with Crippen LogP contribution in [-0.4, -0.2) is 39.6 Å². The lowest BCUT2D eigenvalue weighted by molar-refractivity contribution is 0.0881. The highest BCUT2D eigenvalue weighted by atomic mass is 31.2. The summed E-state index contributed by atoms with van der Waals surface area (Å²) in [4.78, 5) is 0. The number of phosphoric acid groups is 2. The third kappa shape index (κ3) is 23.9. The van der Waals surface area contributed by atoms with Crippen LogP contribution in [0.3, 0.4) is 0 Å². The summed E-state index contributed by atoms with van der Waals surface area (Å²) in [5, 5.41) is 0. The first kappa shape index (κ1) is 36.4. The fourth-order valence-electron chi connectivity index (χ4n) is 1.91. The van der Waals surface area contributed by atoms with Gasteiger partial charge in [-0.2, -0.15) is 0 Å². The summed E-state index contributed by atoms with van der Waals surface area (Å²) in [7, 11) is -6.69. The molecule has 0 radical (unpaired) electrons. The van der Waals surface area contributed by atoms with Crippen LogP contribution < -0.4 is 0 Å². The summed E-state index contributed by atoms with van der Waals surface area (Å²) in [5.41, 5.74) is 0. The molecule has 0 bridgehead atoms. The third-order valence-electron chi connectivity index (χ3n) is 3.94. The molecule has 10 heteroatoms. The van der Waals surface area contributed by atoms with Crippen molar-refractivity contribution in [2.45, 2.75) is 101 Å². The lowest BCUT2D eigenvalue weighted by Crippen LogP contribution is -2.10. The molecule has 0 fully saturated rings. The minimum Gasteiger partial charge on any atom is -0.287 e. The highest BCUT2D eigenvalue weighted by Gasteiger charge is 2.28. The van der Waals surface area contributed by atoms with Gasteiger partial charge in [0.05, 0.1) is 39.6 Å². The molecular formula is C24H54O8P2. The van der Waals surface area contributed by atoms with E-state index >= 15 is 0 Å². The predicted octanol–water partition coefficient (Wildman–Crippen LogP) is 8.66. The molecule has 0 rings (SSSR count). The minimum atomic E-state index is -3.38. The Morgan fingerprint density at radius 1 is 0.471 bits per heavy atom. The van der Waals surface area contributed by atoms with Crippen LogP contribution in [0.2, 0.25) is 0 Å². The van der Waals surface area contributed by atoms with Crippen molar-refractivity contribution in [1.29, 1.82) is 0 Å². The Kier molecular flexibility index (Phi) is 24.0. The van der Waals surface area contributed by atoms with Crippen LogP contribution in [0.15, 0.2) is 0 Å². The second-order valence-electron chi connectivity index (χ2n) is 9.52. The van der Waals surface area contributed by atoms with Gasteiger partial charge in [-0.1, -0.05) is 81.6 Å². The maximum Gasteiger partial charge on any atom is 0.474 e. The number of phosphoric ester groups is 2. The average Bonchev–Trinajstić information content (AvgIpc) is 2.76. The van der Waals surface area contributed by atoms with E-state index in [1.807, 2.05) is 41.5 Å². The summed E-state index contributed by atoms with van der Waals surface area (Å²) < 4.78 is 56.2. The van der Waals surface area contributed by atoms with E-state index in [0.717, 1.165) is 38.5 Å². The van der Waals surface area contributed by atoms with E-state index in [1.54, 1.807) is 0 Å². The van der Waals surface area contributed by atoms with Gasteiger partial charge in [0.25, 0.3) is 0 Å². The highest BCUT2D eigenvalue weighted by molar-refractivity contribution is 7.48. The predicted molar refractivity (Wildman–Crippen MR) is 140 cm³/mol. The molecule has 0 aliphatic heterocycles. The first-order valence-corrected chi connectivity index (χ1v) is 15.9. The van der Waals surface area contributed by atoms with E-state index in [0.29, 0.717) is 57.4 Å². The molecule has 34 heavy (non-hydrogen) atoms. The summed E-state index contributed by atoms with van der Waals surface area (Å²) in [6.07, 6.45) is 5.63. The zero-order chi connectivity index (χ0) is 26.5. The van der Waals surface area contributed by atoms with Crippen molar-refractivity contribution in [3.05, 3.63) is 0 Å². The van der Waals surface area contributed by atoms with Gasteiger partial charge in [-0.05, 0) is 37.0 Å². The van der Waals surface area contributed by atoms with Crippen molar-refractivity contribution in [2.24, 2.45) is 17.8 Å². The van der Waals surface area contributed by atoms with E-state index in [4.69, 9.17) is 27.1 Å². The molecule has 0 aromatic carbocycles. The van der Waals surface area contributed by atoms with E-state index in [-0.39, 0.29) is 0 Å². The Morgan fingerprint density at radius 2 is 0.706 bits per heavy atom. The van der Waals surface area contributed by atoms with Crippen LogP contribution in [0.1, 0.15) is 101 Å². The van der Waals surface area contributed by atoms with Crippen molar-refractivity contribution in [3.8, 4) is 0 Å². The first-order valence-electron chi connectivity index (χ1n) is 13.0. The van der Waals surface area contributed by atoms with Gasteiger partial charge >= 0.3 is 15.6 Å². The molecule has 0 spiro atoms. The number of hydrogen-bond donors (Lipinski definition) is 0. The van der Waals surface area contributed by atoms with Gasteiger partial charge in [0.15, 0.2) is 0 Å². The molecule has 0 aromatic heterocycles. The Bertz CT molecular complexity index is 470. The van der Waals surface area contributed by atoms with Crippen molar-refractivity contribution >= 4 is 15.6 Å². The van der Waals surface area contributed by atoms with Crippen LogP contribution in [0.4, 0.5) is 0 Å². The molecule has 8 nitrogen and oxygen atoms in total. The molecule has 208 valence electrons. The fraction of sp³-hybridized carbons (Fsp3) is 1.00. The fourth-order valence-corrected chi connectivity index (χ4v) is 4.85. The molecule has 0 atom stereocenters. The molecule has 0 saturated carbocycles. The van der Waals surface area contributed by atoms with Crippen LogP contribution in [0.5, 0.6) is 0 Å². The van der Waals surface area contributed by atoms with Gasteiger partial charge in [0.1, 0.15) is 0 Å². The average molecular weight is 533 g/mol. The second-order valence-corrected chi connectivity index (χ2v) is 12.9. The van der Waals surface area contributed by atoms with Gasteiger partial charge in [0.2, 0.25) is 0 Å². The molecule has 0 aliphatic carbocycles. The van der Waals surface area contributed by atoms with Gasteiger partial charge in [0, 0.05) is 0 Å². The van der Waals surface area contributed by atoms with Crippen molar-refractivity contribution in [2.75, 3.05) is 39.6 Å². The standard InChI is InChI=1S/2C12H27O4P/c1-10(2)7-14-17(13,15-8-11(3)4)16-9-12(5)6;1-4-7-10-14-17(13,15-11-8-5-2)16-12-9-6-3/h10-12H,7-9H2,1-6H3;4-12H2,1-3H3. The van der Waals surface area contributed by atoms with Crippen LogP contribution >= 0.6 is 15.6 Å². The number of unbranched alkanes of at least 4 members (excludes halogenated alkanes) is 3. The summed E-state index contributed by atoms with van der Waals surface area (Å²) in [5.74, 6) is 0.899. The zero-order valence-electron chi connectivity index (χ0n) is 23.4. The van der Waals surface area contributed by atoms with Crippen molar-refractivity contribution < 1.29 is 36.3 Å². The quantitative estimate of drug-likeness (QED) is 0.107. The Morgan fingerprint density at radius 3 is 0.912 bits per heavy atom. The topological polar surface area (TPSA) is 89.5 Å². The van der Waals surface area contributed by atoms with Gasteiger partial charge in [-0.25, -0.2) is 9.13 Å². The van der Waals surface area contributed by atoms with Gasteiger partial charge in [-0.3, -0.25) is 27.1 Å². The molecule has 0 N–H and O–H groups in total. The highest BCUT2D eigenvalue weighted by Crippen LogP contribution is 2.51. The van der Waals surface area contributed by atoms with E-state index in [2.05, 4.69) is 20.8 Å². The zero-order valence-corrected chi connectivity index (χ0v) is 25.2. The largest absolute Gasteiger partial charge is 0.474 e.